The Hall–Kier alpha value is -1.55. The molecule has 0 heterocycles. The highest BCUT2D eigenvalue weighted by Gasteiger charge is 2.23. The number of ether oxygens (including phenoxy) is 1. The van der Waals surface area contributed by atoms with Crippen LogP contribution in [0.15, 0.2) is 24.3 Å². The summed E-state index contributed by atoms with van der Waals surface area (Å²) in [5.41, 5.74) is 0.291. The molecule has 0 unspecified atom stereocenters. The maximum atomic E-state index is 10.7. The number of carboxylic acid groups (broad SMARTS) is 1. The van der Waals surface area contributed by atoms with Crippen molar-refractivity contribution in [1.29, 1.82) is 0 Å². The van der Waals surface area contributed by atoms with Crippen molar-refractivity contribution in [1.82, 2.24) is 4.90 Å². The van der Waals surface area contributed by atoms with Gasteiger partial charge in [-0.2, -0.15) is 0 Å². The van der Waals surface area contributed by atoms with E-state index < -0.39 is 5.97 Å². The van der Waals surface area contributed by atoms with Crippen molar-refractivity contribution in [2.24, 2.45) is 5.92 Å². The molecule has 0 radical (unpaired) electrons. The first-order valence-corrected chi connectivity index (χ1v) is 7.37. The van der Waals surface area contributed by atoms with E-state index >= 15 is 0 Å². The molecule has 4 nitrogen and oxygen atoms in total. The minimum absolute atomic E-state index is 0.291. The molecule has 1 fully saturated rings. The van der Waals surface area contributed by atoms with E-state index in [1.165, 1.54) is 19.4 Å². The molecule has 1 aliphatic rings. The number of rotatable bonds is 9. The molecule has 20 heavy (non-hydrogen) atoms. The third kappa shape index (κ3) is 4.85. The summed E-state index contributed by atoms with van der Waals surface area (Å²) in [6.07, 6.45) is 3.78. The van der Waals surface area contributed by atoms with E-state index in [1.54, 1.807) is 24.3 Å². The third-order valence-corrected chi connectivity index (χ3v) is 3.65. The lowest BCUT2D eigenvalue weighted by Crippen LogP contribution is -2.27. The molecule has 4 heteroatoms. The smallest absolute Gasteiger partial charge is 0.335 e. The monoisotopic (exact) mass is 277 g/mol. The summed E-state index contributed by atoms with van der Waals surface area (Å²) in [6, 6.07) is 6.57. The molecule has 1 aliphatic carbocycles. The van der Waals surface area contributed by atoms with Crippen LogP contribution in [0.2, 0.25) is 0 Å². The van der Waals surface area contributed by atoms with E-state index in [2.05, 4.69) is 11.8 Å². The van der Waals surface area contributed by atoms with E-state index in [9.17, 15) is 4.79 Å². The van der Waals surface area contributed by atoms with Gasteiger partial charge in [-0.05, 0) is 56.0 Å². The molecule has 0 aliphatic heterocycles. The van der Waals surface area contributed by atoms with Crippen LogP contribution in [0.5, 0.6) is 5.75 Å². The molecule has 1 aromatic carbocycles. The fraction of sp³-hybridized carbons (Fsp3) is 0.562. The molecular formula is C16H23NO3. The minimum atomic E-state index is -0.907. The molecule has 0 amide bonds. The van der Waals surface area contributed by atoms with Crippen LogP contribution in [-0.4, -0.2) is 42.2 Å². The number of carboxylic acids is 1. The molecule has 0 aromatic heterocycles. The quantitative estimate of drug-likeness (QED) is 0.705. The van der Waals surface area contributed by atoms with Crippen molar-refractivity contribution in [2.75, 3.05) is 26.2 Å². The second-order valence-corrected chi connectivity index (χ2v) is 5.37. The zero-order chi connectivity index (χ0) is 14.4. The van der Waals surface area contributed by atoms with Crippen LogP contribution < -0.4 is 4.74 Å². The zero-order valence-corrected chi connectivity index (χ0v) is 12.0. The summed E-state index contributed by atoms with van der Waals surface area (Å²) < 4.78 is 5.64. The summed E-state index contributed by atoms with van der Waals surface area (Å²) in [6.45, 7) is 6.27. The van der Waals surface area contributed by atoms with Crippen LogP contribution in [0.25, 0.3) is 0 Å². The highest BCUT2D eigenvalue weighted by molar-refractivity contribution is 5.87. The Bertz CT molecular complexity index is 426. The third-order valence-electron chi connectivity index (χ3n) is 3.65. The Morgan fingerprint density at radius 2 is 2.05 bits per heavy atom. The van der Waals surface area contributed by atoms with Gasteiger partial charge in [0.05, 0.1) is 12.2 Å². The first-order chi connectivity index (χ1) is 9.69. The van der Waals surface area contributed by atoms with Gasteiger partial charge in [-0.25, -0.2) is 4.79 Å². The maximum absolute atomic E-state index is 10.7. The van der Waals surface area contributed by atoms with Gasteiger partial charge in [0, 0.05) is 13.1 Å². The van der Waals surface area contributed by atoms with E-state index in [-0.39, 0.29) is 0 Å². The molecule has 0 atom stereocenters. The van der Waals surface area contributed by atoms with Gasteiger partial charge < -0.3 is 14.7 Å². The number of nitrogens with zero attached hydrogens (tertiary/aromatic N) is 1. The van der Waals surface area contributed by atoms with E-state index in [0.29, 0.717) is 12.2 Å². The number of benzene rings is 1. The lowest BCUT2D eigenvalue weighted by atomic mass is 10.2. The Labute approximate surface area is 120 Å². The second kappa shape index (κ2) is 7.29. The first-order valence-electron chi connectivity index (χ1n) is 7.37. The second-order valence-electron chi connectivity index (χ2n) is 5.37. The van der Waals surface area contributed by atoms with Crippen molar-refractivity contribution in [3.8, 4) is 5.75 Å². The van der Waals surface area contributed by atoms with Crippen molar-refractivity contribution in [3.63, 3.8) is 0 Å². The molecule has 0 saturated heterocycles. The number of hydrogen-bond donors (Lipinski definition) is 1. The average Bonchev–Trinajstić information content (AvgIpc) is 3.26. The SMILES string of the molecule is CCN(CCCOc1ccc(C(=O)O)cc1)CC1CC1. The number of aromatic carboxylic acids is 1. The summed E-state index contributed by atoms with van der Waals surface area (Å²) in [5.74, 6) is 0.759. The fourth-order valence-electron chi connectivity index (χ4n) is 2.22. The number of hydrogen-bond acceptors (Lipinski definition) is 3. The lowest BCUT2D eigenvalue weighted by Gasteiger charge is -2.20. The molecule has 110 valence electrons. The largest absolute Gasteiger partial charge is 0.494 e. The normalized spacial score (nSPS) is 14.5. The Morgan fingerprint density at radius 1 is 1.35 bits per heavy atom. The van der Waals surface area contributed by atoms with Crippen molar-refractivity contribution >= 4 is 5.97 Å². The molecule has 0 bridgehead atoms. The van der Waals surface area contributed by atoms with Crippen LogP contribution >= 0.6 is 0 Å². The van der Waals surface area contributed by atoms with Gasteiger partial charge in [-0.3, -0.25) is 0 Å². The van der Waals surface area contributed by atoms with Gasteiger partial charge in [-0.1, -0.05) is 6.92 Å². The number of carbonyl (C=O) groups is 1. The van der Waals surface area contributed by atoms with Crippen molar-refractivity contribution in [3.05, 3.63) is 29.8 Å². The molecule has 1 saturated carbocycles. The lowest BCUT2D eigenvalue weighted by molar-refractivity contribution is 0.0697. The van der Waals surface area contributed by atoms with Gasteiger partial charge in [-0.15, -0.1) is 0 Å². The van der Waals surface area contributed by atoms with E-state index in [4.69, 9.17) is 9.84 Å². The Kier molecular flexibility index (Phi) is 5.41. The summed E-state index contributed by atoms with van der Waals surface area (Å²) in [4.78, 5) is 13.2. The Balaban J connectivity index is 1.65. The van der Waals surface area contributed by atoms with E-state index in [0.717, 1.165) is 31.2 Å². The predicted octanol–water partition coefficient (Wildman–Crippen LogP) is 2.89. The molecule has 0 spiro atoms. The highest BCUT2D eigenvalue weighted by atomic mass is 16.5. The van der Waals surface area contributed by atoms with Crippen LogP contribution in [0.1, 0.15) is 36.5 Å². The van der Waals surface area contributed by atoms with Gasteiger partial charge in [0.1, 0.15) is 5.75 Å². The van der Waals surface area contributed by atoms with Crippen molar-refractivity contribution in [2.45, 2.75) is 26.2 Å². The molecular weight excluding hydrogens is 254 g/mol. The van der Waals surface area contributed by atoms with Crippen LogP contribution in [0.3, 0.4) is 0 Å². The topological polar surface area (TPSA) is 49.8 Å². The molecule has 1 aromatic rings. The fourth-order valence-corrected chi connectivity index (χ4v) is 2.22. The van der Waals surface area contributed by atoms with Gasteiger partial charge in [0.15, 0.2) is 0 Å². The van der Waals surface area contributed by atoms with Gasteiger partial charge >= 0.3 is 5.97 Å². The first kappa shape index (κ1) is 14.9. The summed E-state index contributed by atoms with van der Waals surface area (Å²) >= 11 is 0. The summed E-state index contributed by atoms with van der Waals surface area (Å²) in [7, 11) is 0. The van der Waals surface area contributed by atoms with E-state index in [1.807, 2.05) is 0 Å². The van der Waals surface area contributed by atoms with Crippen LogP contribution in [0, 0.1) is 5.92 Å². The minimum Gasteiger partial charge on any atom is -0.494 e. The van der Waals surface area contributed by atoms with Crippen molar-refractivity contribution < 1.29 is 14.6 Å². The standard InChI is InChI=1S/C16H23NO3/c1-2-17(12-13-4-5-13)10-3-11-20-15-8-6-14(7-9-15)16(18)19/h6-9,13H,2-5,10-12H2,1H3,(H,18,19). The summed E-state index contributed by atoms with van der Waals surface area (Å²) in [5, 5.41) is 8.81. The zero-order valence-electron chi connectivity index (χ0n) is 12.0. The molecule has 2 rings (SSSR count). The molecule has 1 N–H and O–H groups in total. The highest BCUT2D eigenvalue weighted by Crippen LogP contribution is 2.29. The Morgan fingerprint density at radius 3 is 2.60 bits per heavy atom. The average molecular weight is 277 g/mol. The maximum Gasteiger partial charge on any atom is 0.335 e. The van der Waals surface area contributed by atoms with Crippen LogP contribution in [0.4, 0.5) is 0 Å². The van der Waals surface area contributed by atoms with Crippen LogP contribution in [-0.2, 0) is 0 Å². The predicted molar refractivity (Wildman–Crippen MR) is 78.4 cm³/mol. The van der Waals surface area contributed by atoms with Gasteiger partial charge in [0.25, 0.3) is 0 Å². The van der Waals surface area contributed by atoms with Gasteiger partial charge in [0.2, 0.25) is 0 Å².